The molecular weight excluding hydrogens is 250 g/mol. The van der Waals surface area contributed by atoms with Crippen molar-refractivity contribution in [3.05, 3.63) is 11.5 Å². The molecular formula is C12H21N3O4. The molecule has 0 aliphatic carbocycles. The molecule has 0 radical (unpaired) electrons. The van der Waals surface area contributed by atoms with E-state index in [-0.39, 0.29) is 24.2 Å². The molecule has 1 unspecified atom stereocenters. The number of carbonyl (C=O) groups is 1. The molecule has 0 aromatic carbocycles. The topological polar surface area (TPSA) is 88.6 Å². The fraction of sp³-hybridized carbons (Fsp3) is 0.667. The highest BCUT2D eigenvalue weighted by molar-refractivity contribution is 5.92. The third-order valence-corrected chi connectivity index (χ3v) is 2.74. The van der Waals surface area contributed by atoms with Gasteiger partial charge in [0.15, 0.2) is 5.69 Å². The molecule has 7 heteroatoms. The fourth-order valence-corrected chi connectivity index (χ4v) is 1.75. The summed E-state index contributed by atoms with van der Waals surface area (Å²) in [5.41, 5.74) is 6.08. The van der Waals surface area contributed by atoms with Gasteiger partial charge in [-0.2, -0.15) is 0 Å². The quantitative estimate of drug-likeness (QED) is 0.731. The van der Waals surface area contributed by atoms with Crippen molar-refractivity contribution < 1.29 is 19.0 Å². The molecule has 7 nitrogen and oxygen atoms in total. The van der Waals surface area contributed by atoms with Crippen LogP contribution in [0.2, 0.25) is 0 Å². The summed E-state index contributed by atoms with van der Waals surface area (Å²) < 4.78 is 17.0. The van der Waals surface area contributed by atoms with Crippen LogP contribution in [0, 0.1) is 6.92 Å². The third kappa shape index (κ3) is 3.68. The maximum atomic E-state index is 11.7. The van der Waals surface area contributed by atoms with Crippen molar-refractivity contribution in [3.63, 3.8) is 0 Å². The van der Waals surface area contributed by atoms with E-state index in [9.17, 15) is 4.79 Å². The summed E-state index contributed by atoms with van der Waals surface area (Å²) in [7, 11) is 3.19. The Hall–Kier alpha value is -1.60. The van der Waals surface area contributed by atoms with Gasteiger partial charge in [0, 0.05) is 14.2 Å². The Morgan fingerprint density at radius 3 is 2.68 bits per heavy atom. The number of nitrogens with zero attached hydrogens (tertiary/aromatic N) is 2. The van der Waals surface area contributed by atoms with Gasteiger partial charge in [0.2, 0.25) is 0 Å². The monoisotopic (exact) mass is 271 g/mol. The molecule has 0 amide bonds. The SMILES string of the molecule is CCOC(=O)c1nc(C)n(CC(COC)OC)c1N. The number of anilines is 1. The maximum Gasteiger partial charge on any atom is 0.360 e. The standard InChI is InChI=1S/C12H21N3O4/c1-5-19-12(16)10-11(13)15(8(2)14-10)6-9(18-4)7-17-3/h9H,5-7,13H2,1-4H3. The Morgan fingerprint density at radius 1 is 1.47 bits per heavy atom. The highest BCUT2D eigenvalue weighted by atomic mass is 16.5. The largest absolute Gasteiger partial charge is 0.461 e. The summed E-state index contributed by atoms with van der Waals surface area (Å²) in [5.74, 6) is 0.412. The Bertz CT molecular complexity index is 431. The summed E-state index contributed by atoms with van der Waals surface area (Å²) in [4.78, 5) is 15.8. The Morgan fingerprint density at radius 2 is 2.16 bits per heavy atom. The number of rotatable bonds is 7. The van der Waals surface area contributed by atoms with Gasteiger partial charge < -0.3 is 24.5 Å². The first-order chi connectivity index (χ1) is 9.04. The minimum absolute atomic E-state index is 0.145. The minimum atomic E-state index is -0.512. The van der Waals surface area contributed by atoms with E-state index in [1.54, 1.807) is 32.6 Å². The number of nitrogens with two attached hydrogens (primary N) is 1. The number of nitrogen functional groups attached to an aromatic ring is 1. The predicted molar refractivity (Wildman–Crippen MR) is 70.0 cm³/mol. The van der Waals surface area contributed by atoms with Gasteiger partial charge in [-0.15, -0.1) is 0 Å². The van der Waals surface area contributed by atoms with E-state index in [2.05, 4.69) is 4.98 Å². The van der Waals surface area contributed by atoms with Crippen LogP contribution in [0.3, 0.4) is 0 Å². The van der Waals surface area contributed by atoms with Crippen LogP contribution in [-0.4, -0.2) is 49.1 Å². The zero-order valence-corrected chi connectivity index (χ0v) is 11.8. The molecule has 0 aliphatic rings. The van der Waals surface area contributed by atoms with Crippen LogP contribution in [0.15, 0.2) is 0 Å². The highest BCUT2D eigenvalue weighted by Gasteiger charge is 2.21. The van der Waals surface area contributed by atoms with Crippen molar-refractivity contribution in [1.29, 1.82) is 0 Å². The average Bonchev–Trinajstić information content (AvgIpc) is 2.66. The first-order valence-electron chi connectivity index (χ1n) is 6.06. The van der Waals surface area contributed by atoms with E-state index >= 15 is 0 Å². The summed E-state index contributed by atoms with van der Waals surface area (Å²) in [6.07, 6.45) is -0.157. The molecule has 0 aliphatic heterocycles. The van der Waals surface area contributed by atoms with Crippen molar-refractivity contribution in [2.24, 2.45) is 0 Å². The van der Waals surface area contributed by atoms with Crippen molar-refractivity contribution in [1.82, 2.24) is 9.55 Å². The zero-order valence-electron chi connectivity index (χ0n) is 11.8. The number of hydrogen-bond donors (Lipinski definition) is 1. The van der Waals surface area contributed by atoms with Crippen molar-refractivity contribution >= 4 is 11.8 Å². The van der Waals surface area contributed by atoms with E-state index in [0.717, 1.165) is 0 Å². The second-order valence-corrected chi connectivity index (χ2v) is 4.04. The van der Waals surface area contributed by atoms with Crippen LogP contribution < -0.4 is 5.73 Å². The van der Waals surface area contributed by atoms with Crippen LogP contribution >= 0.6 is 0 Å². The van der Waals surface area contributed by atoms with Crippen LogP contribution in [0.5, 0.6) is 0 Å². The molecule has 0 bridgehead atoms. The summed E-state index contributed by atoms with van der Waals surface area (Å²) in [6, 6.07) is 0. The normalized spacial score (nSPS) is 12.4. The second-order valence-electron chi connectivity index (χ2n) is 4.04. The lowest BCUT2D eigenvalue weighted by atomic mass is 10.3. The molecule has 1 heterocycles. The number of esters is 1. The van der Waals surface area contributed by atoms with Crippen molar-refractivity contribution in [2.45, 2.75) is 26.5 Å². The molecule has 1 aromatic heterocycles. The minimum Gasteiger partial charge on any atom is -0.461 e. The number of hydrogen-bond acceptors (Lipinski definition) is 6. The third-order valence-electron chi connectivity index (χ3n) is 2.74. The van der Waals surface area contributed by atoms with Crippen LogP contribution in [0.1, 0.15) is 23.2 Å². The Kier molecular flexibility index (Phi) is 5.78. The van der Waals surface area contributed by atoms with Gasteiger partial charge in [0.25, 0.3) is 0 Å². The number of ether oxygens (including phenoxy) is 3. The van der Waals surface area contributed by atoms with Crippen LogP contribution in [0.4, 0.5) is 5.82 Å². The first-order valence-corrected chi connectivity index (χ1v) is 6.06. The molecule has 1 aromatic rings. The van der Waals surface area contributed by atoms with E-state index in [4.69, 9.17) is 19.9 Å². The molecule has 1 atom stereocenters. The van der Waals surface area contributed by atoms with Gasteiger partial charge in [-0.05, 0) is 13.8 Å². The molecule has 0 saturated carbocycles. The van der Waals surface area contributed by atoms with Gasteiger partial charge in [-0.1, -0.05) is 0 Å². The molecule has 108 valence electrons. The van der Waals surface area contributed by atoms with E-state index in [1.165, 1.54) is 0 Å². The van der Waals surface area contributed by atoms with E-state index in [1.807, 2.05) is 0 Å². The van der Waals surface area contributed by atoms with Crippen LogP contribution in [-0.2, 0) is 20.8 Å². The fourth-order valence-electron chi connectivity index (χ4n) is 1.75. The summed E-state index contributed by atoms with van der Waals surface area (Å²) >= 11 is 0. The second kappa shape index (κ2) is 7.10. The molecule has 1 rings (SSSR count). The first kappa shape index (κ1) is 15.5. The summed E-state index contributed by atoms with van der Waals surface area (Å²) in [5, 5.41) is 0. The van der Waals surface area contributed by atoms with Crippen molar-refractivity contribution in [2.75, 3.05) is 33.2 Å². The maximum absolute atomic E-state index is 11.7. The average molecular weight is 271 g/mol. The van der Waals surface area contributed by atoms with E-state index < -0.39 is 5.97 Å². The highest BCUT2D eigenvalue weighted by Crippen LogP contribution is 2.16. The molecule has 2 N–H and O–H groups in total. The number of imidazole rings is 1. The van der Waals surface area contributed by atoms with Gasteiger partial charge in [-0.3, -0.25) is 0 Å². The lowest BCUT2D eigenvalue weighted by Gasteiger charge is -2.16. The number of aryl methyl sites for hydroxylation is 1. The predicted octanol–water partition coefficient (Wildman–Crippen LogP) is 0.612. The van der Waals surface area contributed by atoms with Gasteiger partial charge >= 0.3 is 5.97 Å². The lowest BCUT2D eigenvalue weighted by molar-refractivity contribution is 0.0183. The van der Waals surface area contributed by atoms with Crippen LogP contribution in [0.25, 0.3) is 0 Å². The van der Waals surface area contributed by atoms with Gasteiger partial charge in [0.1, 0.15) is 11.6 Å². The molecule has 19 heavy (non-hydrogen) atoms. The molecule has 0 spiro atoms. The van der Waals surface area contributed by atoms with Gasteiger partial charge in [0.05, 0.1) is 25.9 Å². The Balaban J connectivity index is 2.93. The van der Waals surface area contributed by atoms with E-state index in [0.29, 0.717) is 19.0 Å². The number of methoxy groups -OCH3 is 2. The molecule has 0 saturated heterocycles. The molecule has 0 fully saturated rings. The van der Waals surface area contributed by atoms with Gasteiger partial charge in [-0.25, -0.2) is 9.78 Å². The van der Waals surface area contributed by atoms with Crippen molar-refractivity contribution in [3.8, 4) is 0 Å². The number of aromatic nitrogens is 2. The zero-order chi connectivity index (χ0) is 14.4. The lowest BCUT2D eigenvalue weighted by Crippen LogP contribution is -2.25. The smallest absolute Gasteiger partial charge is 0.360 e. The Labute approximate surface area is 112 Å². The summed E-state index contributed by atoms with van der Waals surface area (Å²) in [6.45, 7) is 4.70. The number of carbonyl (C=O) groups excluding carboxylic acids is 1.